The zero-order valence-electron chi connectivity index (χ0n) is 21.5. The van der Waals surface area contributed by atoms with Crippen LogP contribution < -0.4 is 4.90 Å². The number of nitrogens with zero attached hydrogens (tertiary/aromatic N) is 2. The molecular weight excluding hydrogens is 544 g/mol. The Morgan fingerprint density at radius 2 is 1.82 bits per heavy atom. The van der Waals surface area contributed by atoms with Gasteiger partial charge in [0.25, 0.3) is 0 Å². The maximum absolute atomic E-state index is 15.8. The number of nitrogens with one attached hydrogen (secondary N) is 1. The summed E-state index contributed by atoms with van der Waals surface area (Å²) in [6, 6.07) is 10.6. The third kappa shape index (κ3) is 5.64. The van der Waals surface area contributed by atoms with E-state index in [1.165, 1.54) is 0 Å². The lowest BCUT2D eigenvalue weighted by atomic mass is 9.93. The highest BCUT2D eigenvalue weighted by molar-refractivity contribution is 6.41. The topological polar surface area (TPSA) is 98.8 Å². The van der Waals surface area contributed by atoms with Gasteiger partial charge >= 0.3 is 5.97 Å². The summed E-state index contributed by atoms with van der Waals surface area (Å²) in [6.07, 6.45) is 3.75. The Morgan fingerprint density at radius 3 is 2.44 bits per heavy atom. The largest absolute Gasteiger partial charge is 0.512 e. The lowest BCUT2D eigenvalue weighted by Crippen LogP contribution is -2.44. The summed E-state index contributed by atoms with van der Waals surface area (Å²) in [5.74, 6) is -0.913. The molecule has 1 saturated carbocycles. The number of fused-ring (bicyclic) bond motifs is 1. The first kappa shape index (κ1) is 27.5. The molecule has 7 nitrogen and oxygen atoms in total. The van der Waals surface area contributed by atoms with Gasteiger partial charge in [-0.25, -0.2) is 9.18 Å². The number of ether oxygens (including phenoxy) is 1. The molecule has 0 bridgehead atoms. The summed E-state index contributed by atoms with van der Waals surface area (Å²) in [7, 11) is 1.81. The number of alkyl halides is 1. The van der Waals surface area contributed by atoms with Gasteiger partial charge in [0.05, 0.1) is 40.1 Å². The maximum atomic E-state index is 15.8. The number of aromatic carboxylic acids is 1. The molecule has 2 heterocycles. The van der Waals surface area contributed by atoms with Crippen molar-refractivity contribution in [3.05, 3.63) is 75.1 Å². The van der Waals surface area contributed by atoms with Crippen molar-refractivity contribution < 1.29 is 24.1 Å². The van der Waals surface area contributed by atoms with Crippen LogP contribution in [-0.4, -0.2) is 58.4 Å². The van der Waals surface area contributed by atoms with Gasteiger partial charge < -0.3 is 24.4 Å². The summed E-state index contributed by atoms with van der Waals surface area (Å²) in [5, 5.41) is 30.2. The van der Waals surface area contributed by atoms with Crippen molar-refractivity contribution in [1.29, 1.82) is 5.41 Å². The third-order valence-corrected chi connectivity index (χ3v) is 8.25. The predicted octanol–water partition coefficient (Wildman–Crippen LogP) is 6.80. The number of aliphatic hydroxyl groups is 1. The molecule has 2 fully saturated rings. The molecule has 3 N–H and O–H groups in total. The summed E-state index contributed by atoms with van der Waals surface area (Å²) in [6.45, 7) is 0.671. The summed E-state index contributed by atoms with van der Waals surface area (Å²) < 4.78 is 23.3. The molecule has 1 aliphatic carbocycles. The van der Waals surface area contributed by atoms with Crippen molar-refractivity contribution in [3.63, 3.8) is 0 Å². The van der Waals surface area contributed by atoms with Crippen LogP contribution in [0.1, 0.15) is 41.6 Å². The molecule has 0 amide bonds. The fourth-order valence-electron chi connectivity index (χ4n) is 5.15. The summed E-state index contributed by atoms with van der Waals surface area (Å²) in [4.78, 5) is 13.6. The zero-order chi connectivity index (χ0) is 27.9. The van der Waals surface area contributed by atoms with Crippen LogP contribution in [0.5, 0.6) is 0 Å². The van der Waals surface area contributed by atoms with Crippen LogP contribution in [0.15, 0.2) is 53.9 Å². The van der Waals surface area contributed by atoms with Crippen molar-refractivity contribution >= 4 is 51.5 Å². The number of aromatic nitrogens is 1. The van der Waals surface area contributed by atoms with E-state index in [1.807, 2.05) is 19.2 Å². The average Bonchev–Trinajstić information content (AvgIpc) is 3.70. The quantitative estimate of drug-likeness (QED) is 0.193. The van der Waals surface area contributed by atoms with Gasteiger partial charge in [-0.3, -0.25) is 5.41 Å². The first-order valence-corrected chi connectivity index (χ1v) is 13.6. The molecule has 0 atom stereocenters. The van der Waals surface area contributed by atoms with Crippen molar-refractivity contribution in [2.75, 3.05) is 31.2 Å². The number of aryl methyl sites for hydroxylation is 1. The van der Waals surface area contributed by atoms with Crippen LogP contribution in [0.4, 0.5) is 10.1 Å². The predicted molar refractivity (Wildman–Crippen MR) is 152 cm³/mol. The second kappa shape index (κ2) is 10.8. The van der Waals surface area contributed by atoms with Gasteiger partial charge in [0, 0.05) is 67.3 Å². The van der Waals surface area contributed by atoms with Gasteiger partial charge in [-0.1, -0.05) is 29.3 Å². The lowest BCUT2D eigenvalue weighted by Gasteiger charge is -2.37. The van der Waals surface area contributed by atoms with E-state index in [4.69, 9.17) is 33.3 Å². The van der Waals surface area contributed by atoms with Gasteiger partial charge in [-0.15, -0.1) is 0 Å². The number of carbonyl (C=O) groups is 1. The number of hydrogen-bond acceptors (Lipinski definition) is 5. The van der Waals surface area contributed by atoms with Crippen molar-refractivity contribution in [1.82, 2.24) is 4.57 Å². The Morgan fingerprint density at radius 1 is 1.15 bits per heavy atom. The second-order valence-corrected chi connectivity index (χ2v) is 11.2. The van der Waals surface area contributed by atoms with E-state index in [9.17, 15) is 15.0 Å². The SMILES string of the molecule is Cn1cc(C(=O)O)c2ccc(N3CCC(F)(COC/C(C(=N)c4c(Cl)cccc4Cl)=C(/O)C4CC4)CC3)cc21. The molecular formula is C29H30Cl2FN3O4. The van der Waals surface area contributed by atoms with E-state index >= 15 is 4.39 Å². The molecule has 206 valence electrons. The number of benzene rings is 2. The minimum Gasteiger partial charge on any atom is -0.512 e. The van der Waals surface area contributed by atoms with Gasteiger partial charge in [0.2, 0.25) is 0 Å². The number of aliphatic hydroxyl groups excluding tert-OH is 1. The van der Waals surface area contributed by atoms with Crippen molar-refractivity contribution in [2.45, 2.75) is 31.4 Å². The maximum Gasteiger partial charge on any atom is 0.337 e. The Balaban J connectivity index is 1.24. The number of hydrogen-bond donors (Lipinski definition) is 3. The molecule has 0 unspecified atom stereocenters. The molecule has 1 saturated heterocycles. The standard InChI is InChI=1S/C29H30Cl2FN3O4/c1-34-14-20(28(37)38)19-8-7-18(13-24(19)34)35-11-9-29(32,10-12-35)16-39-15-21(27(36)17-5-6-17)26(33)25-22(30)3-2-4-23(25)31/h2-4,7-8,13-14,17,33,36H,5-6,9-12,15-16H2,1H3,(H,37,38)/b27-21-,33-26?. The van der Waals surface area contributed by atoms with Crippen LogP contribution in [0, 0.1) is 11.3 Å². The molecule has 3 aromatic rings. The van der Waals surface area contributed by atoms with Crippen molar-refractivity contribution in [3.8, 4) is 0 Å². The molecule has 0 spiro atoms. The molecule has 10 heteroatoms. The number of allylic oxidation sites excluding steroid dienone is 1. The number of anilines is 1. The fourth-order valence-corrected chi connectivity index (χ4v) is 5.74. The van der Waals surface area contributed by atoms with E-state index in [1.54, 1.807) is 35.0 Å². The Bertz CT molecular complexity index is 1450. The molecule has 39 heavy (non-hydrogen) atoms. The van der Waals surface area contributed by atoms with E-state index in [-0.39, 0.29) is 54.6 Å². The molecule has 0 radical (unpaired) electrons. The molecule has 2 aliphatic rings. The first-order chi connectivity index (χ1) is 18.6. The van der Waals surface area contributed by atoms with E-state index in [2.05, 4.69) is 4.90 Å². The lowest BCUT2D eigenvalue weighted by molar-refractivity contribution is 0.00816. The average molecular weight is 574 g/mol. The summed E-state index contributed by atoms with van der Waals surface area (Å²) in [5.41, 5.74) is 1.01. The van der Waals surface area contributed by atoms with Crippen LogP contribution in [0.25, 0.3) is 10.9 Å². The van der Waals surface area contributed by atoms with Crippen LogP contribution in [-0.2, 0) is 11.8 Å². The smallest absolute Gasteiger partial charge is 0.337 e. The highest BCUT2D eigenvalue weighted by atomic mass is 35.5. The third-order valence-electron chi connectivity index (χ3n) is 7.62. The van der Waals surface area contributed by atoms with E-state index in [0.717, 1.165) is 24.0 Å². The van der Waals surface area contributed by atoms with Crippen molar-refractivity contribution in [2.24, 2.45) is 13.0 Å². The van der Waals surface area contributed by atoms with Gasteiger partial charge in [-0.05, 0) is 43.2 Å². The number of halogens is 3. The molecule has 1 aliphatic heterocycles. The molecule has 2 aromatic carbocycles. The molecule has 5 rings (SSSR count). The Hall–Kier alpha value is -3.07. The Kier molecular flexibility index (Phi) is 7.64. The fraction of sp³-hybridized carbons (Fsp3) is 0.379. The normalized spacial score (nSPS) is 17.8. The van der Waals surface area contributed by atoms with Gasteiger partial charge in [-0.2, -0.15) is 0 Å². The second-order valence-electron chi connectivity index (χ2n) is 10.4. The monoisotopic (exact) mass is 573 g/mol. The van der Waals surface area contributed by atoms with E-state index in [0.29, 0.717) is 34.1 Å². The number of carboxylic acids is 1. The minimum absolute atomic E-state index is 0.0140. The van der Waals surface area contributed by atoms with Crippen LogP contribution in [0.3, 0.4) is 0 Å². The highest BCUT2D eigenvalue weighted by Crippen LogP contribution is 2.39. The number of rotatable bonds is 9. The van der Waals surface area contributed by atoms with Gasteiger partial charge in [0.15, 0.2) is 0 Å². The number of carboxylic acid groups (broad SMARTS) is 1. The Labute approximate surface area is 235 Å². The first-order valence-electron chi connectivity index (χ1n) is 12.9. The number of piperidine rings is 1. The highest BCUT2D eigenvalue weighted by Gasteiger charge is 2.36. The van der Waals surface area contributed by atoms with E-state index < -0.39 is 11.6 Å². The van der Waals surface area contributed by atoms with Crippen LogP contribution >= 0.6 is 23.2 Å². The van der Waals surface area contributed by atoms with Gasteiger partial charge in [0.1, 0.15) is 11.4 Å². The summed E-state index contributed by atoms with van der Waals surface area (Å²) >= 11 is 12.6. The zero-order valence-corrected chi connectivity index (χ0v) is 23.0. The van der Waals surface area contributed by atoms with Crippen LogP contribution in [0.2, 0.25) is 10.0 Å². The molecule has 1 aromatic heterocycles. The minimum atomic E-state index is -1.55.